The minimum Gasteiger partial charge on any atom is -0.493 e. The van der Waals surface area contributed by atoms with Crippen LogP contribution in [0.5, 0.6) is 5.75 Å². The second-order valence-electron chi connectivity index (χ2n) is 5.80. The predicted octanol–water partition coefficient (Wildman–Crippen LogP) is 4.57. The average molecular weight is 396 g/mol. The number of likely N-dealkylation sites (tertiary alicyclic amines) is 1. The number of allylic oxidation sites excluding steroid dienone is 1. The largest absolute Gasteiger partial charge is 0.493 e. The highest BCUT2D eigenvalue weighted by Gasteiger charge is 2.33. The van der Waals surface area contributed by atoms with Crippen molar-refractivity contribution in [2.24, 2.45) is 0 Å². The Morgan fingerprint density at radius 2 is 2.25 bits per heavy atom. The Balaban J connectivity index is 2.19. The van der Waals surface area contributed by atoms with Crippen molar-refractivity contribution in [2.75, 3.05) is 13.2 Å². The van der Waals surface area contributed by atoms with E-state index in [0.29, 0.717) is 12.4 Å². The molecule has 1 aromatic rings. The third-order valence-corrected chi connectivity index (χ3v) is 4.56. The molecule has 1 aliphatic heterocycles. The van der Waals surface area contributed by atoms with Crippen molar-refractivity contribution in [3.63, 3.8) is 0 Å². The SMILES string of the molecule is C=CCCCCOc1cc(Br)ccc1C1CC(=O)CCN1C(=O)O. The number of carbonyl (C=O) groups is 2. The number of ether oxygens (including phenoxy) is 1. The normalized spacial score (nSPS) is 17.6. The van der Waals surface area contributed by atoms with Crippen LogP contribution in [0.25, 0.3) is 0 Å². The van der Waals surface area contributed by atoms with Crippen LogP contribution in [-0.4, -0.2) is 35.0 Å². The molecule has 130 valence electrons. The Bertz CT molecular complexity index is 617. The first-order chi connectivity index (χ1) is 11.5. The molecule has 0 spiro atoms. The smallest absolute Gasteiger partial charge is 0.407 e. The summed E-state index contributed by atoms with van der Waals surface area (Å²) in [6, 6.07) is 5.03. The fraction of sp³-hybridized carbons (Fsp3) is 0.444. The minimum atomic E-state index is -1.01. The average Bonchev–Trinajstić information content (AvgIpc) is 2.54. The number of unbranched alkanes of at least 4 members (excludes halogenated alkanes) is 2. The van der Waals surface area contributed by atoms with E-state index in [9.17, 15) is 14.7 Å². The summed E-state index contributed by atoms with van der Waals surface area (Å²) in [5, 5.41) is 9.43. The van der Waals surface area contributed by atoms with Gasteiger partial charge in [0.2, 0.25) is 0 Å². The summed E-state index contributed by atoms with van der Waals surface area (Å²) in [6.07, 6.45) is 4.17. The molecule has 1 saturated heterocycles. The molecule has 1 amide bonds. The molecule has 24 heavy (non-hydrogen) atoms. The molecule has 1 aromatic carbocycles. The number of halogens is 1. The summed E-state index contributed by atoms with van der Waals surface area (Å²) in [4.78, 5) is 24.7. The molecular weight excluding hydrogens is 374 g/mol. The maximum atomic E-state index is 11.8. The Morgan fingerprint density at radius 3 is 2.96 bits per heavy atom. The van der Waals surface area contributed by atoms with E-state index in [0.717, 1.165) is 29.3 Å². The quantitative estimate of drug-likeness (QED) is 0.542. The number of hydrogen-bond acceptors (Lipinski definition) is 3. The number of piperidine rings is 1. The number of carboxylic acid groups (broad SMARTS) is 1. The van der Waals surface area contributed by atoms with Crippen LogP contribution >= 0.6 is 15.9 Å². The maximum absolute atomic E-state index is 11.8. The number of hydrogen-bond donors (Lipinski definition) is 1. The van der Waals surface area contributed by atoms with Gasteiger partial charge in [-0.2, -0.15) is 0 Å². The van der Waals surface area contributed by atoms with E-state index in [1.54, 1.807) is 0 Å². The van der Waals surface area contributed by atoms with Gasteiger partial charge in [-0.1, -0.05) is 28.1 Å². The third-order valence-electron chi connectivity index (χ3n) is 4.07. The predicted molar refractivity (Wildman–Crippen MR) is 95.4 cm³/mol. The molecule has 2 rings (SSSR count). The first-order valence-corrected chi connectivity index (χ1v) is 8.86. The summed E-state index contributed by atoms with van der Waals surface area (Å²) in [7, 11) is 0. The maximum Gasteiger partial charge on any atom is 0.407 e. The number of benzene rings is 1. The van der Waals surface area contributed by atoms with Gasteiger partial charge in [-0.05, 0) is 31.4 Å². The second-order valence-corrected chi connectivity index (χ2v) is 6.72. The number of carbonyl (C=O) groups excluding carboxylic acids is 1. The number of rotatable bonds is 7. The standard InChI is InChI=1S/C18H22BrNO4/c1-2-3-4-5-10-24-17-11-13(19)6-7-15(17)16-12-14(21)8-9-20(16)18(22)23/h2,6-7,11,16H,1,3-5,8-10,12H2,(H,22,23). The third kappa shape index (κ3) is 4.84. The first-order valence-electron chi connectivity index (χ1n) is 8.07. The fourth-order valence-corrected chi connectivity index (χ4v) is 3.16. The molecule has 1 aliphatic rings. The van der Waals surface area contributed by atoms with E-state index in [4.69, 9.17) is 4.74 Å². The summed E-state index contributed by atoms with van der Waals surface area (Å²) in [6.45, 7) is 4.47. The van der Waals surface area contributed by atoms with Gasteiger partial charge in [0.1, 0.15) is 11.5 Å². The second kappa shape index (κ2) is 8.87. The van der Waals surface area contributed by atoms with Crippen molar-refractivity contribution in [3.8, 4) is 5.75 Å². The van der Waals surface area contributed by atoms with Crippen molar-refractivity contribution >= 4 is 27.8 Å². The molecule has 0 radical (unpaired) electrons. The van der Waals surface area contributed by atoms with Gasteiger partial charge in [0.15, 0.2) is 0 Å². The molecule has 1 heterocycles. The van der Waals surface area contributed by atoms with Gasteiger partial charge >= 0.3 is 6.09 Å². The molecule has 1 N–H and O–H groups in total. The van der Waals surface area contributed by atoms with E-state index in [1.807, 2.05) is 24.3 Å². The van der Waals surface area contributed by atoms with Gasteiger partial charge in [-0.15, -0.1) is 6.58 Å². The number of amides is 1. The van der Waals surface area contributed by atoms with Crippen LogP contribution in [0.4, 0.5) is 4.79 Å². The molecule has 0 aromatic heterocycles. The van der Waals surface area contributed by atoms with Crippen LogP contribution in [0.2, 0.25) is 0 Å². The zero-order valence-electron chi connectivity index (χ0n) is 13.5. The molecule has 0 saturated carbocycles. The molecule has 1 atom stereocenters. The first kappa shape index (κ1) is 18.5. The van der Waals surface area contributed by atoms with E-state index in [2.05, 4.69) is 22.5 Å². The fourth-order valence-electron chi connectivity index (χ4n) is 2.82. The molecule has 0 bridgehead atoms. The summed E-state index contributed by atoms with van der Waals surface area (Å²) < 4.78 is 6.74. The summed E-state index contributed by atoms with van der Waals surface area (Å²) in [5.74, 6) is 0.714. The Labute approximate surface area is 150 Å². The lowest BCUT2D eigenvalue weighted by molar-refractivity contribution is -0.122. The van der Waals surface area contributed by atoms with Gasteiger partial charge in [-0.3, -0.25) is 4.79 Å². The van der Waals surface area contributed by atoms with Crippen molar-refractivity contribution in [2.45, 2.75) is 38.1 Å². The molecule has 1 fully saturated rings. The van der Waals surface area contributed by atoms with E-state index < -0.39 is 12.1 Å². The number of nitrogens with zero attached hydrogens (tertiary/aromatic N) is 1. The van der Waals surface area contributed by atoms with E-state index in [-0.39, 0.29) is 25.2 Å². The lowest BCUT2D eigenvalue weighted by atomic mass is 9.94. The van der Waals surface area contributed by atoms with Crippen LogP contribution < -0.4 is 4.74 Å². The van der Waals surface area contributed by atoms with Crippen LogP contribution in [0.15, 0.2) is 35.3 Å². The van der Waals surface area contributed by atoms with Crippen molar-refractivity contribution in [1.29, 1.82) is 0 Å². The van der Waals surface area contributed by atoms with Gasteiger partial charge in [0.05, 0.1) is 12.6 Å². The monoisotopic (exact) mass is 395 g/mol. The number of Topliss-reactive ketones (excluding diaryl/α,β-unsaturated/α-hetero) is 1. The highest BCUT2D eigenvalue weighted by Crippen LogP contribution is 2.36. The Hall–Kier alpha value is -1.82. The number of ketones is 1. The topological polar surface area (TPSA) is 66.8 Å². The summed E-state index contributed by atoms with van der Waals surface area (Å²) in [5.41, 5.74) is 0.748. The highest BCUT2D eigenvalue weighted by atomic mass is 79.9. The van der Waals surface area contributed by atoms with Crippen LogP contribution in [0.3, 0.4) is 0 Å². The zero-order chi connectivity index (χ0) is 17.5. The zero-order valence-corrected chi connectivity index (χ0v) is 15.1. The summed E-state index contributed by atoms with van der Waals surface area (Å²) >= 11 is 3.42. The Kier molecular flexibility index (Phi) is 6.85. The van der Waals surface area contributed by atoms with Gasteiger partial charge in [0, 0.05) is 29.4 Å². The molecule has 5 nitrogen and oxygen atoms in total. The lowest BCUT2D eigenvalue weighted by Crippen LogP contribution is -2.40. The van der Waals surface area contributed by atoms with E-state index >= 15 is 0 Å². The minimum absolute atomic E-state index is 0.0809. The van der Waals surface area contributed by atoms with Gasteiger partial charge in [0.25, 0.3) is 0 Å². The molecule has 6 heteroatoms. The van der Waals surface area contributed by atoms with Crippen molar-refractivity contribution in [3.05, 3.63) is 40.9 Å². The van der Waals surface area contributed by atoms with Gasteiger partial charge < -0.3 is 14.7 Å². The lowest BCUT2D eigenvalue weighted by Gasteiger charge is -2.34. The highest BCUT2D eigenvalue weighted by molar-refractivity contribution is 9.10. The van der Waals surface area contributed by atoms with Crippen LogP contribution in [0, 0.1) is 0 Å². The van der Waals surface area contributed by atoms with Crippen LogP contribution in [0.1, 0.15) is 43.7 Å². The molecule has 0 aliphatic carbocycles. The van der Waals surface area contributed by atoms with Crippen molar-refractivity contribution in [1.82, 2.24) is 4.90 Å². The molecular formula is C18H22BrNO4. The Morgan fingerprint density at radius 1 is 1.46 bits per heavy atom. The van der Waals surface area contributed by atoms with Crippen LogP contribution in [-0.2, 0) is 4.79 Å². The molecule has 1 unspecified atom stereocenters. The van der Waals surface area contributed by atoms with E-state index in [1.165, 1.54) is 4.90 Å². The van der Waals surface area contributed by atoms with Gasteiger partial charge in [-0.25, -0.2) is 4.79 Å². The van der Waals surface area contributed by atoms with Crippen molar-refractivity contribution < 1.29 is 19.4 Å².